The molecule has 6 heteroatoms. The first-order chi connectivity index (χ1) is 13.2. The molecule has 2 heterocycles. The Bertz CT molecular complexity index is 756. The molecular weight excluding hydrogens is 338 g/mol. The van der Waals surface area contributed by atoms with Crippen molar-refractivity contribution in [2.45, 2.75) is 25.8 Å². The Morgan fingerprint density at radius 3 is 2.56 bits per heavy atom. The van der Waals surface area contributed by atoms with Crippen LogP contribution >= 0.6 is 0 Å². The predicted molar refractivity (Wildman–Crippen MR) is 108 cm³/mol. The Labute approximate surface area is 160 Å². The number of amides is 2. The number of hydrogen-bond acceptors (Lipinski definition) is 4. The molecule has 1 atom stereocenters. The zero-order chi connectivity index (χ0) is 19.1. The fourth-order valence-corrected chi connectivity index (χ4v) is 3.36. The van der Waals surface area contributed by atoms with Gasteiger partial charge in [0.1, 0.15) is 5.82 Å². The molecule has 0 spiro atoms. The molecule has 0 saturated carbocycles. The minimum atomic E-state index is -0.0107. The first-order valence-corrected chi connectivity index (χ1v) is 9.43. The van der Waals surface area contributed by atoms with Crippen LogP contribution in [0.4, 0.5) is 10.6 Å². The summed E-state index contributed by atoms with van der Waals surface area (Å²) in [6.07, 6.45) is 7.02. The van der Waals surface area contributed by atoms with Gasteiger partial charge in [0.2, 0.25) is 0 Å². The third kappa shape index (κ3) is 4.84. The standard InChI is InChI=1S/C21H27N5O/c1-3-4-10-19(18-8-6-5-7-9-18)24-21(27)26-15-13-25(14-16-26)20-17(2)22-11-12-23-20/h3,5-9,11-12,19H,1,4,10,13-16H2,2H3,(H,24,27). The molecule has 1 aliphatic heterocycles. The molecule has 142 valence electrons. The smallest absolute Gasteiger partial charge is 0.318 e. The molecule has 1 fully saturated rings. The topological polar surface area (TPSA) is 61.4 Å². The van der Waals surface area contributed by atoms with Crippen LogP contribution in [0.1, 0.15) is 30.1 Å². The molecule has 0 bridgehead atoms. The average Bonchev–Trinajstić information content (AvgIpc) is 2.72. The van der Waals surface area contributed by atoms with Gasteiger partial charge in [0.15, 0.2) is 0 Å². The van der Waals surface area contributed by atoms with E-state index in [9.17, 15) is 4.79 Å². The Kier molecular flexibility index (Phi) is 6.41. The van der Waals surface area contributed by atoms with Crippen LogP contribution in [-0.2, 0) is 0 Å². The largest absolute Gasteiger partial charge is 0.352 e. The first-order valence-electron chi connectivity index (χ1n) is 9.43. The molecule has 0 radical (unpaired) electrons. The summed E-state index contributed by atoms with van der Waals surface area (Å²) in [5.41, 5.74) is 2.05. The first kappa shape index (κ1) is 18.9. The van der Waals surface area contributed by atoms with Crippen molar-refractivity contribution in [3.8, 4) is 0 Å². The lowest BCUT2D eigenvalue weighted by atomic mass is 10.0. The Hall–Kier alpha value is -2.89. The SMILES string of the molecule is C=CCCC(NC(=O)N1CCN(c2nccnc2C)CC1)c1ccccc1. The summed E-state index contributed by atoms with van der Waals surface area (Å²) >= 11 is 0. The number of rotatable bonds is 6. The lowest BCUT2D eigenvalue weighted by molar-refractivity contribution is 0.189. The van der Waals surface area contributed by atoms with Gasteiger partial charge < -0.3 is 15.1 Å². The molecule has 1 N–H and O–H groups in total. The van der Waals surface area contributed by atoms with Crippen LogP contribution < -0.4 is 10.2 Å². The zero-order valence-corrected chi connectivity index (χ0v) is 15.8. The number of urea groups is 1. The summed E-state index contributed by atoms with van der Waals surface area (Å²) in [5.74, 6) is 0.908. The van der Waals surface area contributed by atoms with Crippen molar-refractivity contribution in [1.82, 2.24) is 20.2 Å². The number of allylic oxidation sites excluding steroid dienone is 1. The van der Waals surface area contributed by atoms with Gasteiger partial charge in [-0.1, -0.05) is 36.4 Å². The predicted octanol–water partition coefficient (Wildman–Crippen LogP) is 3.32. The fraction of sp³-hybridized carbons (Fsp3) is 0.381. The van der Waals surface area contributed by atoms with Gasteiger partial charge in [-0.15, -0.1) is 6.58 Å². The molecule has 6 nitrogen and oxygen atoms in total. The van der Waals surface area contributed by atoms with E-state index in [2.05, 4.69) is 38.9 Å². The van der Waals surface area contributed by atoms with Crippen molar-refractivity contribution in [3.05, 3.63) is 66.6 Å². The van der Waals surface area contributed by atoms with E-state index < -0.39 is 0 Å². The van der Waals surface area contributed by atoms with Gasteiger partial charge in [-0.3, -0.25) is 4.98 Å². The second kappa shape index (κ2) is 9.16. The van der Waals surface area contributed by atoms with Crippen molar-refractivity contribution in [1.29, 1.82) is 0 Å². The zero-order valence-electron chi connectivity index (χ0n) is 15.8. The normalized spacial score (nSPS) is 15.3. The molecule has 27 heavy (non-hydrogen) atoms. The minimum Gasteiger partial charge on any atom is -0.352 e. The number of hydrogen-bond donors (Lipinski definition) is 1. The van der Waals surface area contributed by atoms with Crippen molar-refractivity contribution < 1.29 is 4.79 Å². The van der Waals surface area contributed by atoms with Crippen molar-refractivity contribution in [2.75, 3.05) is 31.1 Å². The number of nitrogens with one attached hydrogen (secondary N) is 1. The summed E-state index contributed by atoms with van der Waals surface area (Å²) in [5, 5.41) is 3.20. The highest BCUT2D eigenvalue weighted by Crippen LogP contribution is 2.20. The van der Waals surface area contributed by atoms with Crippen molar-refractivity contribution >= 4 is 11.8 Å². The third-order valence-corrected chi connectivity index (χ3v) is 4.88. The van der Waals surface area contributed by atoms with Crippen LogP contribution in [0.25, 0.3) is 0 Å². The molecule has 0 aliphatic carbocycles. The van der Waals surface area contributed by atoms with Crippen LogP contribution in [0.2, 0.25) is 0 Å². The summed E-state index contributed by atoms with van der Waals surface area (Å²) in [7, 11) is 0. The Morgan fingerprint density at radius 2 is 1.89 bits per heavy atom. The summed E-state index contributed by atoms with van der Waals surface area (Å²) in [4.78, 5) is 25.6. The van der Waals surface area contributed by atoms with Gasteiger partial charge in [0.25, 0.3) is 0 Å². The third-order valence-electron chi connectivity index (χ3n) is 4.88. The van der Waals surface area contributed by atoms with Crippen LogP contribution in [0.15, 0.2) is 55.4 Å². The highest BCUT2D eigenvalue weighted by Gasteiger charge is 2.24. The van der Waals surface area contributed by atoms with Crippen LogP contribution in [0, 0.1) is 6.92 Å². The molecule has 2 amide bonds. The number of carbonyl (C=O) groups excluding carboxylic acids is 1. The number of anilines is 1. The van der Waals surface area contributed by atoms with Gasteiger partial charge in [0.05, 0.1) is 11.7 Å². The molecular formula is C21H27N5O. The molecule has 1 aliphatic rings. The maximum Gasteiger partial charge on any atom is 0.318 e. The summed E-state index contributed by atoms with van der Waals surface area (Å²) < 4.78 is 0. The number of benzene rings is 1. The number of carbonyl (C=O) groups is 1. The second-order valence-corrected chi connectivity index (χ2v) is 6.72. The van der Waals surface area contributed by atoms with Gasteiger partial charge in [-0.05, 0) is 25.3 Å². The number of aryl methyl sites for hydroxylation is 1. The van der Waals surface area contributed by atoms with E-state index >= 15 is 0 Å². The number of aromatic nitrogens is 2. The molecule has 1 saturated heterocycles. The summed E-state index contributed by atoms with van der Waals surface area (Å²) in [6.45, 7) is 8.63. The van der Waals surface area contributed by atoms with Gasteiger partial charge in [-0.25, -0.2) is 9.78 Å². The van der Waals surface area contributed by atoms with Gasteiger partial charge >= 0.3 is 6.03 Å². The molecule has 3 rings (SSSR count). The van der Waals surface area contributed by atoms with Crippen LogP contribution in [-0.4, -0.2) is 47.1 Å². The number of piperazine rings is 1. The number of nitrogens with zero attached hydrogens (tertiary/aromatic N) is 4. The van der Waals surface area contributed by atoms with Crippen LogP contribution in [0.3, 0.4) is 0 Å². The van der Waals surface area contributed by atoms with E-state index in [1.807, 2.05) is 36.1 Å². The van der Waals surface area contributed by atoms with Crippen molar-refractivity contribution in [2.24, 2.45) is 0 Å². The lowest BCUT2D eigenvalue weighted by Crippen LogP contribution is -2.52. The highest BCUT2D eigenvalue weighted by molar-refractivity contribution is 5.75. The van der Waals surface area contributed by atoms with E-state index in [0.29, 0.717) is 13.1 Å². The van der Waals surface area contributed by atoms with Crippen molar-refractivity contribution in [3.63, 3.8) is 0 Å². The molecule has 1 aromatic heterocycles. The van der Waals surface area contributed by atoms with Crippen LogP contribution in [0.5, 0.6) is 0 Å². The second-order valence-electron chi connectivity index (χ2n) is 6.72. The van der Waals surface area contributed by atoms with Gasteiger partial charge in [-0.2, -0.15) is 0 Å². The lowest BCUT2D eigenvalue weighted by Gasteiger charge is -2.36. The molecule has 2 aromatic rings. The van der Waals surface area contributed by atoms with E-state index in [1.165, 1.54) is 0 Å². The quantitative estimate of drug-likeness (QED) is 0.798. The fourth-order valence-electron chi connectivity index (χ4n) is 3.36. The maximum absolute atomic E-state index is 12.8. The molecule has 1 aromatic carbocycles. The maximum atomic E-state index is 12.8. The average molecular weight is 365 g/mol. The monoisotopic (exact) mass is 365 g/mol. The van der Waals surface area contributed by atoms with E-state index in [1.54, 1.807) is 12.4 Å². The Balaban J connectivity index is 1.59. The van der Waals surface area contributed by atoms with E-state index in [4.69, 9.17) is 0 Å². The van der Waals surface area contributed by atoms with E-state index in [0.717, 1.165) is 43.0 Å². The van der Waals surface area contributed by atoms with E-state index in [-0.39, 0.29) is 12.1 Å². The summed E-state index contributed by atoms with van der Waals surface area (Å²) in [6, 6.07) is 10.1. The highest BCUT2D eigenvalue weighted by atomic mass is 16.2. The Morgan fingerprint density at radius 1 is 1.19 bits per heavy atom. The minimum absolute atomic E-state index is 0.00281. The van der Waals surface area contributed by atoms with Gasteiger partial charge in [0, 0.05) is 38.6 Å². The molecule has 1 unspecified atom stereocenters.